The number of nitrogens with zero attached hydrogens (tertiary/aromatic N) is 4. The fourth-order valence-electron chi connectivity index (χ4n) is 2.73. The molecule has 0 spiro atoms. The van der Waals surface area contributed by atoms with Crippen LogP contribution < -0.4 is 9.64 Å². The lowest BCUT2D eigenvalue weighted by Crippen LogP contribution is -2.27. The third-order valence-electron chi connectivity index (χ3n) is 4.22. The van der Waals surface area contributed by atoms with Gasteiger partial charge in [0.25, 0.3) is 11.8 Å². The van der Waals surface area contributed by atoms with Crippen LogP contribution in [0.1, 0.15) is 10.5 Å². The summed E-state index contributed by atoms with van der Waals surface area (Å²) in [5.41, 5.74) is 0.540. The van der Waals surface area contributed by atoms with Crippen molar-refractivity contribution in [3.8, 4) is 17.4 Å². The van der Waals surface area contributed by atoms with E-state index in [1.165, 1.54) is 45.7 Å². The molecule has 4 aromatic rings. The molecule has 0 aliphatic carbocycles. The standard InChI is InChI=1S/C20H14ClFN4O3/c1-25(13-5-8-15(21)16(27)11-13)19(28)17-18(24-20-23-9-2-10-26(17)20)29-14-6-3-12(22)4-7-14/h2-11,27H,1H3. The molecular weight excluding hydrogens is 399 g/mol. The predicted octanol–water partition coefficient (Wildman–Crippen LogP) is 4.30. The molecule has 1 amide bonds. The third kappa shape index (κ3) is 3.57. The molecule has 0 bridgehead atoms. The number of carbonyl (C=O) groups is 1. The fraction of sp³-hybridized carbons (Fsp3) is 0.0500. The van der Waals surface area contributed by atoms with Crippen molar-refractivity contribution in [3.63, 3.8) is 0 Å². The Kier molecular flexibility index (Phi) is 4.77. The molecular formula is C20H14ClFN4O3. The van der Waals surface area contributed by atoms with Crippen LogP contribution in [-0.4, -0.2) is 32.4 Å². The molecule has 0 saturated carbocycles. The molecule has 7 nitrogen and oxygen atoms in total. The first-order valence-electron chi connectivity index (χ1n) is 8.47. The Morgan fingerprint density at radius 1 is 1.24 bits per heavy atom. The molecule has 0 aliphatic heterocycles. The molecule has 0 saturated heterocycles. The first-order valence-corrected chi connectivity index (χ1v) is 8.85. The summed E-state index contributed by atoms with van der Waals surface area (Å²) in [6, 6.07) is 11.5. The average molecular weight is 413 g/mol. The number of aromatic hydroxyl groups is 1. The number of rotatable bonds is 4. The molecule has 0 atom stereocenters. The number of benzene rings is 2. The van der Waals surface area contributed by atoms with Crippen LogP contribution in [0.4, 0.5) is 10.1 Å². The number of anilines is 1. The van der Waals surface area contributed by atoms with E-state index in [1.54, 1.807) is 31.6 Å². The largest absolute Gasteiger partial charge is 0.506 e. The van der Waals surface area contributed by atoms with Crippen LogP contribution >= 0.6 is 11.6 Å². The first kappa shape index (κ1) is 18.7. The van der Waals surface area contributed by atoms with Gasteiger partial charge in [0.05, 0.1) is 5.02 Å². The number of phenolic OH excluding ortho intramolecular Hbond substituents is 1. The van der Waals surface area contributed by atoms with Crippen molar-refractivity contribution >= 4 is 29.0 Å². The lowest BCUT2D eigenvalue weighted by molar-refractivity contribution is 0.0985. The normalized spacial score (nSPS) is 10.9. The number of carbonyl (C=O) groups excluding carboxylic acids is 1. The summed E-state index contributed by atoms with van der Waals surface area (Å²) in [6.45, 7) is 0. The van der Waals surface area contributed by atoms with Crippen LogP contribution in [0.5, 0.6) is 17.4 Å². The molecule has 146 valence electrons. The maximum absolute atomic E-state index is 13.3. The van der Waals surface area contributed by atoms with Crippen molar-refractivity contribution in [2.45, 2.75) is 0 Å². The van der Waals surface area contributed by atoms with E-state index < -0.39 is 11.7 Å². The van der Waals surface area contributed by atoms with E-state index in [0.29, 0.717) is 11.4 Å². The summed E-state index contributed by atoms with van der Waals surface area (Å²) in [7, 11) is 1.54. The molecule has 0 fully saturated rings. The Bertz CT molecular complexity index is 1210. The third-order valence-corrected chi connectivity index (χ3v) is 4.54. The lowest BCUT2D eigenvalue weighted by Gasteiger charge is -2.18. The smallest absolute Gasteiger partial charge is 0.280 e. The second kappa shape index (κ2) is 7.40. The van der Waals surface area contributed by atoms with E-state index in [9.17, 15) is 14.3 Å². The van der Waals surface area contributed by atoms with Gasteiger partial charge in [0.2, 0.25) is 5.78 Å². The quantitative estimate of drug-likeness (QED) is 0.540. The van der Waals surface area contributed by atoms with E-state index in [2.05, 4.69) is 9.97 Å². The van der Waals surface area contributed by atoms with Crippen LogP contribution in [0.25, 0.3) is 5.78 Å². The molecule has 2 heterocycles. The highest BCUT2D eigenvalue weighted by Crippen LogP contribution is 2.31. The van der Waals surface area contributed by atoms with Crippen molar-refractivity contribution in [1.82, 2.24) is 14.4 Å². The van der Waals surface area contributed by atoms with Crippen molar-refractivity contribution in [3.05, 3.63) is 77.5 Å². The van der Waals surface area contributed by atoms with Crippen LogP contribution in [0.3, 0.4) is 0 Å². The van der Waals surface area contributed by atoms with Gasteiger partial charge in [-0.15, -0.1) is 0 Å². The minimum atomic E-state index is -0.454. The molecule has 29 heavy (non-hydrogen) atoms. The summed E-state index contributed by atoms with van der Waals surface area (Å²) in [4.78, 5) is 23.0. The van der Waals surface area contributed by atoms with E-state index >= 15 is 0 Å². The minimum Gasteiger partial charge on any atom is -0.506 e. The number of amides is 1. The number of halogens is 2. The van der Waals surface area contributed by atoms with Crippen LogP contribution in [0.2, 0.25) is 5.02 Å². The fourth-order valence-corrected chi connectivity index (χ4v) is 2.85. The summed E-state index contributed by atoms with van der Waals surface area (Å²) in [6.07, 6.45) is 3.17. The van der Waals surface area contributed by atoms with Gasteiger partial charge in [0.15, 0.2) is 5.69 Å². The molecule has 9 heteroatoms. The summed E-state index contributed by atoms with van der Waals surface area (Å²) in [5.74, 6) is -0.412. The van der Waals surface area contributed by atoms with Gasteiger partial charge in [0, 0.05) is 31.2 Å². The number of fused-ring (bicyclic) bond motifs is 1. The molecule has 2 aromatic carbocycles. The van der Waals surface area contributed by atoms with E-state index in [4.69, 9.17) is 16.3 Å². The monoisotopic (exact) mass is 412 g/mol. The number of phenols is 1. The maximum atomic E-state index is 13.3. The van der Waals surface area contributed by atoms with Crippen molar-refractivity contribution in [2.75, 3.05) is 11.9 Å². The molecule has 4 rings (SSSR count). The molecule has 0 radical (unpaired) electrons. The van der Waals surface area contributed by atoms with Gasteiger partial charge in [-0.05, 0) is 42.5 Å². The van der Waals surface area contributed by atoms with Crippen LogP contribution in [-0.2, 0) is 0 Å². The topological polar surface area (TPSA) is 80.0 Å². The highest BCUT2D eigenvalue weighted by molar-refractivity contribution is 6.32. The van der Waals surface area contributed by atoms with Crippen molar-refractivity contribution in [1.29, 1.82) is 0 Å². The van der Waals surface area contributed by atoms with Gasteiger partial charge >= 0.3 is 0 Å². The molecule has 2 aromatic heterocycles. The Morgan fingerprint density at radius 3 is 2.72 bits per heavy atom. The highest BCUT2D eigenvalue weighted by Gasteiger charge is 2.26. The predicted molar refractivity (Wildman–Crippen MR) is 105 cm³/mol. The minimum absolute atomic E-state index is 0.0188. The summed E-state index contributed by atoms with van der Waals surface area (Å²) >= 11 is 5.85. The zero-order valence-corrected chi connectivity index (χ0v) is 15.8. The molecule has 0 aliphatic rings. The number of hydrogen-bond acceptors (Lipinski definition) is 5. The molecule has 0 unspecified atom stereocenters. The van der Waals surface area contributed by atoms with Gasteiger partial charge in [0.1, 0.15) is 17.3 Å². The van der Waals surface area contributed by atoms with Crippen LogP contribution in [0.15, 0.2) is 60.9 Å². The number of ether oxygens (including phenoxy) is 1. The van der Waals surface area contributed by atoms with Gasteiger partial charge in [-0.2, -0.15) is 4.98 Å². The maximum Gasteiger partial charge on any atom is 0.280 e. The first-order chi connectivity index (χ1) is 13.9. The summed E-state index contributed by atoms with van der Waals surface area (Å²) < 4.78 is 20.4. The zero-order valence-electron chi connectivity index (χ0n) is 15.1. The average Bonchev–Trinajstić information content (AvgIpc) is 3.08. The zero-order chi connectivity index (χ0) is 20.5. The second-order valence-electron chi connectivity index (χ2n) is 6.11. The Morgan fingerprint density at radius 2 is 2.00 bits per heavy atom. The number of imidazole rings is 1. The highest BCUT2D eigenvalue weighted by atomic mass is 35.5. The summed E-state index contributed by atoms with van der Waals surface area (Å²) in [5, 5.41) is 10.0. The number of hydrogen-bond donors (Lipinski definition) is 1. The van der Waals surface area contributed by atoms with E-state index in [0.717, 1.165) is 0 Å². The lowest BCUT2D eigenvalue weighted by atomic mass is 10.2. The Hall–Kier alpha value is -3.65. The van der Waals surface area contributed by atoms with Crippen molar-refractivity contribution < 1.29 is 19.0 Å². The van der Waals surface area contributed by atoms with Crippen molar-refractivity contribution in [2.24, 2.45) is 0 Å². The van der Waals surface area contributed by atoms with Gasteiger partial charge in [-0.3, -0.25) is 9.20 Å². The van der Waals surface area contributed by atoms with E-state index in [1.807, 2.05) is 0 Å². The molecule has 1 N–H and O–H groups in total. The Labute approximate surface area is 169 Å². The van der Waals surface area contributed by atoms with E-state index in [-0.39, 0.29) is 28.1 Å². The van der Waals surface area contributed by atoms with Gasteiger partial charge < -0.3 is 14.7 Å². The second-order valence-corrected chi connectivity index (χ2v) is 6.52. The van der Waals surface area contributed by atoms with Gasteiger partial charge in [-0.1, -0.05) is 11.6 Å². The van der Waals surface area contributed by atoms with Gasteiger partial charge in [-0.25, -0.2) is 9.37 Å². The number of aromatic nitrogens is 3. The SMILES string of the molecule is CN(C(=O)c1c(Oc2ccc(F)cc2)nc2ncccn12)c1ccc(Cl)c(O)c1. The Balaban J connectivity index is 1.77. The van der Waals surface area contributed by atoms with Crippen LogP contribution in [0, 0.1) is 5.82 Å².